The number of likely N-dealkylation sites (N-methyl/N-ethyl adjacent to an activating group) is 1. The van der Waals surface area contributed by atoms with Crippen LogP contribution in [0.1, 0.15) is 17.9 Å². The molecule has 1 atom stereocenters. The van der Waals surface area contributed by atoms with E-state index in [2.05, 4.69) is 0 Å². The molecule has 0 aliphatic carbocycles. The van der Waals surface area contributed by atoms with Crippen molar-refractivity contribution in [1.29, 1.82) is 0 Å². The van der Waals surface area contributed by atoms with Gasteiger partial charge in [0, 0.05) is 18.0 Å². The van der Waals surface area contributed by atoms with E-state index in [4.69, 9.17) is 9.84 Å². The Balaban J connectivity index is 3.09. The number of hydrogen-bond acceptors (Lipinski definition) is 3. The molecule has 1 rings (SSSR count). The van der Waals surface area contributed by atoms with Crippen molar-refractivity contribution in [2.24, 2.45) is 0 Å². The minimum atomic E-state index is -0.909. The van der Waals surface area contributed by atoms with Crippen LogP contribution in [0.4, 0.5) is 4.39 Å². The number of benzene rings is 1. The van der Waals surface area contributed by atoms with Crippen LogP contribution in [0.2, 0.25) is 0 Å². The fourth-order valence-corrected chi connectivity index (χ4v) is 1.95. The van der Waals surface area contributed by atoms with Gasteiger partial charge in [-0.1, -0.05) is 0 Å². The van der Waals surface area contributed by atoms with Gasteiger partial charge >= 0.3 is 5.97 Å². The Kier molecular flexibility index (Phi) is 5.09. The standard InChI is InChI=1S/C13H18FNO3/c1-15(2)8-9(6-13(16)17)11-7-10(14)4-5-12(11)18-3/h4-5,7,9H,6,8H2,1-3H3,(H,16,17). The zero-order valence-corrected chi connectivity index (χ0v) is 10.8. The van der Waals surface area contributed by atoms with E-state index in [0.717, 1.165) is 0 Å². The van der Waals surface area contributed by atoms with Crippen LogP contribution in [-0.4, -0.2) is 43.7 Å². The average molecular weight is 255 g/mol. The minimum absolute atomic E-state index is 0.0575. The fraction of sp³-hybridized carbons (Fsp3) is 0.462. The number of hydrogen-bond donors (Lipinski definition) is 1. The van der Waals surface area contributed by atoms with E-state index in [9.17, 15) is 9.18 Å². The zero-order valence-electron chi connectivity index (χ0n) is 10.8. The van der Waals surface area contributed by atoms with E-state index >= 15 is 0 Å². The Morgan fingerprint density at radius 1 is 1.50 bits per heavy atom. The second-order valence-corrected chi connectivity index (χ2v) is 4.44. The Morgan fingerprint density at radius 2 is 2.17 bits per heavy atom. The summed E-state index contributed by atoms with van der Waals surface area (Å²) >= 11 is 0. The Bertz CT molecular complexity index is 421. The van der Waals surface area contributed by atoms with Gasteiger partial charge in [-0.15, -0.1) is 0 Å². The summed E-state index contributed by atoms with van der Waals surface area (Å²) < 4.78 is 18.5. The molecule has 1 aromatic carbocycles. The number of methoxy groups -OCH3 is 1. The number of nitrogens with zero attached hydrogens (tertiary/aromatic N) is 1. The van der Waals surface area contributed by atoms with Crippen LogP contribution >= 0.6 is 0 Å². The number of carboxylic acid groups (broad SMARTS) is 1. The second kappa shape index (κ2) is 6.35. The van der Waals surface area contributed by atoms with Crippen molar-refractivity contribution < 1.29 is 19.0 Å². The van der Waals surface area contributed by atoms with Crippen molar-refractivity contribution in [3.8, 4) is 5.75 Å². The molecule has 4 nitrogen and oxygen atoms in total. The lowest BCUT2D eigenvalue weighted by Gasteiger charge is -2.21. The Hall–Kier alpha value is -1.62. The van der Waals surface area contributed by atoms with Crippen LogP contribution in [0.15, 0.2) is 18.2 Å². The minimum Gasteiger partial charge on any atom is -0.496 e. The molecule has 0 spiro atoms. The van der Waals surface area contributed by atoms with Gasteiger partial charge in [0.2, 0.25) is 0 Å². The van der Waals surface area contributed by atoms with E-state index in [1.165, 1.54) is 25.3 Å². The van der Waals surface area contributed by atoms with Crippen molar-refractivity contribution in [3.05, 3.63) is 29.6 Å². The van der Waals surface area contributed by atoms with Gasteiger partial charge in [-0.25, -0.2) is 4.39 Å². The molecule has 0 heterocycles. The zero-order chi connectivity index (χ0) is 13.7. The summed E-state index contributed by atoms with van der Waals surface area (Å²) in [6.45, 7) is 0.520. The third kappa shape index (κ3) is 4.00. The Morgan fingerprint density at radius 3 is 2.67 bits per heavy atom. The summed E-state index contributed by atoms with van der Waals surface area (Å²) in [6.07, 6.45) is -0.0575. The lowest BCUT2D eigenvalue weighted by molar-refractivity contribution is -0.137. The van der Waals surface area contributed by atoms with Crippen molar-refractivity contribution in [3.63, 3.8) is 0 Å². The number of ether oxygens (including phenoxy) is 1. The quantitative estimate of drug-likeness (QED) is 0.844. The summed E-state index contributed by atoms with van der Waals surface area (Å²) in [7, 11) is 5.19. The van der Waals surface area contributed by atoms with Gasteiger partial charge in [0.15, 0.2) is 0 Å². The molecule has 0 saturated heterocycles. The molecule has 18 heavy (non-hydrogen) atoms. The van der Waals surface area contributed by atoms with Gasteiger partial charge in [-0.3, -0.25) is 4.79 Å². The van der Waals surface area contributed by atoms with Crippen molar-refractivity contribution in [1.82, 2.24) is 4.90 Å². The van der Waals surface area contributed by atoms with Gasteiger partial charge in [-0.2, -0.15) is 0 Å². The lowest BCUT2D eigenvalue weighted by Crippen LogP contribution is -2.23. The molecule has 100 valence electrons. The molecular formula is C13H18FNO3. The van der Waals surface area contributed by atoms with Crippen LogP contribution < -0.4 is 4.74 Å². The van der Waals surface area contributed by atoms with Crippen molar-refractivity contribution in [2.45, 2.75) is 12.3 Å². The molecule has 0 aromatic heterocycles. The molecule has 0 amide bonds. The van der Waals surface area contributed by atoms with E-state index in [-0.39, 0.29) is 18.2 Å². The van der Waals surface area contributed by atoms with Gasteiger partial charge in [0.1, 0.15) is 11.6 Å². The maximum Gasteiger partial charge on any atom is 0.304 e. The van der Waals surface area contributed by atoms with Crippen LogP contribution in [0.25, 0.3) is 0 Å². The first-order chi connectivity index (χ1) is 8.43. The normalized spacial score (nSPS) is 12.5. The third-order valence-electron chi connectivity index (χ3n) is 2.64. The first kappa shape index (κ1) is 14.4. The van der Waals surface area contributed by atoms with Crippen molar-refractivity contribution in [2.75, 3.05) is 27.7 Å². The first-order valence-corrected chi connectivity index (χ1v) is 5.64. The first-order valence-electron chi connectivity index (χ1n) is 5.64. The third-order valence-corrected chi connectivity index (χ3v) is 2.64. The molecule has 0 saturated carbocycles. The van der Waals surface area contributed by atoms with E-state index < -0.39 is 5.97 Å². The van der Waals surface area contributed by atoms with E-state index in [1.807, 2.05) is 19.0 Å². The average Bonchev–Trinajstić information content (AvgIpc) is 2.26. The van der Waals surface area contributed by atoms with Gasteiger partial charge in [-0.05, 0) is 32.3 Å². The SMILES string of the molecule is COc1ccc(F)cc1C(CC(=O)O)CN(C)C. The van der Waals surface area contributed by atoms with Gasteiger partial charge < -0.3 is 14.7 Å². The predicted octanol–water partition coefficient (Wildman–Crippen LogP) is 1.95. The highest BCUT2D eigenvalue weighted by Crippen LogP contribution is 2.30. The van der Waals surface area contributed by atoms with Crippen LogP contribution in [-0.2, 0) is 4.79 Å². The maximum atomic E-state index is 13.3. The topological polar surface area (TPSA) is 49.8 Å². The molecule has 0 radical (unpaired) electrons. The highest BCUT2D eigenvalue weighted by Gasteiger charge is 2.20. The molecule has 1 unspecified atom stereocenters. The molecule has 0 fully saturated rings. The molecule has 0 aliphatic heterocycles. The number of carbonyl (C=O) groups is 1. The van der Waals surface area contributed by atoms with Crippen LogP contribution in [0, 0.1) is 5.82 Å². The lowest BCUT2D eigenvalue weighted by atomic mass is 9.94. The van der Waals surface area contributed by atoms with E-state index in [0.29, 0.717) is 17.9 Å². The number of rotatable bonds is 6. The molecular weight excluding hydrogens is 237 g/mol. The molecule has 5 heteroatoms. The fourth-order valence-electron chi connectivity index (χ4n) is 1.95. The summed E-state index contributed by atoms with van der Waals surface area (Å²) in [5.74, 6) is -1.08. The van der Waals surface area contributed by atoms with Crippen LogP contribution in [0.5, 0.6) is 5.75 Å². The van der Waals surface area contributed by atoms with Crippen LogP contribution in [0.3, 0.4) is 0 Å². The molecule has 0 bridgehead atoms. The van der Waals surface area contributed by atoms with Crippen molar-refractivity contribution >= 4 is 5.97 Å². The predicted molar refractivity (Wildman–Crippen MR) is 66.5 cm³/mol. The second-order valence-electron chi connectivity index (χ2n) is 4.44. The number of halogens is 1. The molecule has 0 aliphatic rings. The van der Waals surface area contributed by atoms with Gasteiger partial charge in [0.05, 0.1) is 13.5 Å². The summed E-state index contributed by atoms with van der Waals surface area (Å²) in [5.41, 5.74) is 0.591. The maximum absolute atomic E-state index is 13.3. The van der Waals surface area contributed by atoms with Gasteiger partial charge in [0.25, 0.3) is 0 Å². The monoisotopic (exact) mass is 255 g/mol. The van der Waals surface area contributed by atoms with E-state index in [1.54, 1.807) is 0 Å². The Labute approximate surface area is 106 Å². The highest BCUT2D eigenvalue weighted by atomic mass is 19.1. The highest BCUT2D eigenvalue weighted by molar-refractivity contribution is 5.68. The summed E-state index contributed by atoms with van der Waals surface area (Å²) in [5, 5.41) is 8.94. The summed E-state index contributed by atoms with van der Waals surface area (Å²) in [6, 6.07) is 4.17. The number of carboxylic acids is 1. The smallest absolute Gasteiger partial charge is 0.304 e. The number of aliphatic carboxylic acids is 1. The largest absolute Gasteiger partial charge is 0.496 e. The molecule has 1 N–H and O–H groups in total. The summed E-state index contributed by atoms with van der Waals surface area (Å²) in [4.78, 5) is 12.8. The molecule has 1 aromatic rings.